The van der Waals surface area contributed by atoms with Gasteiger partial charge in [0.15, 0.2) is 5.41 Å². The minimum absolute atomic E-state index is 0.0798. The molecule has 1 aliphatic rings. The van der Waals surface area contributed by atoms with Crippen molar-refractivity contribution in [2.75, 3.05) is 13.6 Å². The monoisotopic (exact) mass is 535 g/mol. The van der Waals surface area contributed by atoms with Crippen molar-refractivity contribution in [3.63, 3.8) is 0 Å². The summed E-state index contributed by atoms with van der Waals surface area (Å²) in [5.74, 6) is 0.0798. The first-order chi connectivity index (χ1) is 16.6. The Morgan fingerprint density at radius 2 is 1.81 bits per heavy atom. The summed E-state index contributed by atoms with van der Waals surface area (Å²) in [5, 5.41) is 15.0. The molecule has 0 radical (unpaired) electrons. The molecule has 1 unspecified atom stereocenters. The Hall–Kier alpha value is -1.94. The maximum Gasteiger partial charge on any atom is 0.406 e. The lowest BCUT2D eigenvalue weighted by Crippen LogP contribution is -2.51. The molecule has 0 aromatic heterocycles. The lowest BCUT2D eigenvalue weighted by atomic mass is 9.79. The minimum Gasteiger partial charge on any atom is -0.381 e. The van der Waals surface area contributed by atoms with Gasteiger partial charge in [-0.2, -0.15) is 26.3 Å². The van der Waals surface area contributed by atoms with Crippen molar-refractivity contribution in [1.82, 2.24) is 10.6 Å². The molecule has 202 valence electrons. The lowest BCUT2D eigenvalue weighted by molar-refractivity contribution is -0.297. The van der Waals surface area contributed by atoms with E-state index in [4.69, 9.17) is 5.41 Å². The molecule has 1 aromatic carbocycles. The molecule has 0 saturated heterocycles. The Morgan fingerprint density at radius 1 is 1.19 bits per heavy atom. The molecule has 0 spiro atoms. The van der Waals surface area contributed by atoms with Crippen LogP contribution in [0.2, 0.25) is 0 Å². The number of nitrogens with one attached hydrogen (secondary N) is 3. The standard InChI is InChI=1S/C26H35F6N3S/c1-16(8-7-13-34-5)14-22(36-23(33)18(3)35-20-9-6-10-20)21-12-11-19(15-17(21)2)24(4,25(27,28)29)26(30,31)32/h11-12,14-16,20,33-35H,3,6-10,13H2,1-2,4-5H3/b22-14+,33-23?. The number of aryl methyl sites for hydroxylation is 1. The third-order valence-electron chi connectivity index (χ3n) is 6.69. The molecule has 1 fully saturated rings. The maximum absolute atomic E-state index is 13.6. The average Bonchev–Trinajstić information content (AvgIpc) is 2.73. The van der Waals surface area contributed by atoms with E-state index in [0.717, 1.165) is 62.5 Å². The Kier molecular flexibility index (Phi) is 10.2. The van der Waals surface area contributed by atoms with Gasteiger partial charge in [-0.25, -0.2) is 0 Å². The predicted octanol–water partition coefficient (Wildman–Crippen LogP) is 7.72. The average molecular weight is 536 g/mol. The highest BCUT2D eigenvalue weighted by atomic mass is 32.2. The van der Waals surface area contributed by atoms with Crippen LogP contribution >= 0.6 is 11.8 Å². The SMILES string of the molecule is C=C(NC1CCC1)C(=N)S/C(=C/C(C)CCCNC)c1ccc(C(C)(C(F)(F)F)C(F)(F)F)cc1C. The van der Waals surface area contributed by atoms with Crippen molar-refractivity contribution in [3.05, 3.63) is 53.2 Å². The van der Waals surface area contributed by atoms with Crippen LogP contribution in [0.4, 0.5) is 26.3 Å². The largest absolute Gasteiger partial charge is 0.406 e. The van der Waals surface area contributed by atoms with Crippen LogP contribution in [0.15, 0.2) is 36.6 Å². The van der Waals surface area contributed by atoms with Crippen LogP contribution in [-0.2, 0) is 5.41 Å². The summed E-state index contributed by atoms with van der Waals surface area (Å²) in [6.07, 6.45) is -4.26. The number of thioether (sulfide) groups is 1. The van der Waals surface area contributed by atoms with Crippen LogP contribution in [0.25, 0.3) is 4.91 Å². The molecule has 36 heavy (non-hydrogen) atoms. The third-order valence-corrected chi connectivity index (χ3v) is 7.72. The summed E-state index contributed by atoms with van der Waals surface area (Å²) in [4.78, 5) is 0.610. The highest BCUT2D eigenvalue weighted by Crippen LogP contribution is 2.52. The summed E-state index contributed by atoms with van der Waals surface area (Å²) in [5.41, 5.74) is -3.62. The van der Waals surface area contributed by atoms with Gasteiger partial charge in [0.05, 0.1) is 5.70 Å². The zero-order valence-corrected chi connectivity index (χ0v) is 21.9. The van der Waals surface area contributed by atoms with Gasteiger partial charge in [-0.1, -0.05) is 49.5 Å². The molecule has 0 aliphatic heterocycles. The number of alkyl halides is 6. The van der Waals surface area contributed by atoms with Crippen molar-refractivity contribution < 1.29 is 26.3 Å². The first-order valence-electron chi connectivity index (χ1n) is 12.0. The fraction of sp³-hybridized carbons (Fsp3) is 0.577. The summed E-state index contributed by atoms with van der Waals surface area (Å²) in [6.45, 7) is 8.42. The van der Waals surface area contributed by atoms with Gasteiger partial charge in [0, 0.05) is 10.9 Å². The zero-order chi connectivity index (χ0) is 27.3. The van der Waals surface area contributed by atoms with Gasteiger partial charge in [-0.05, 0) is 82.2 Å². The van der Waals surface area contributed by atoms with E-state index in [2.05, 4.69) is 17.2 Å². The quantitative estimate of drug-likeness (QED) is 0.118. The van der Waals surface area contributed by atoms with Gasteiger partial charge in [-0.3, -0.25) is 5.41 Å². The molecule has 1 aliphatic carbocycles. The number of hydrogen-bond acceptors (Lipinski definition) is 4. The van der Waals surface area contributed by atoms with E-state index in [9.17, 15) is 26.3 Å². The second-order valence-electron chi connectivity index (χ2n) is 9.59. The predicted molar refractivity (Wildman–Crippen MR) is 136 cm³/mol. The van der Waals surface area contributed by atoms with E-state index in [0.29, 0.717) is 16.2 Å². The zero-order valence-electron chi connectivity index (χ0n) is 21.1. The molecule has 1 atom stereocenters. The molecule has 0 amide bonds. The molecule has 10 heteroatoms. The van der Waals surface area contributed by atoms with Gasteiger partial charge >= 0.3 is 12.4 Å². The number of benzene rings is 1. The van der Waals surface area contributed by atoms with Crippen molar-refractivity contribution in [3.8, 4) is 0 Å². The van der Waals surface area contributed by atoms with Gasteiger partial charge in [0.25, 0.3) is 0 Å². The van der Waals surface area contributed by atoms with Crippen LogP contribution in [0.3, 0.4) is 0 Å². The van der Waals surface area contributed by atoms with Gasteiger partial charge in [0.1, 0.15) is 5.04 Å². The lowest BCUT2D eigenvalue weighted by Gasteiger charge is -2.34. The van der Waals surface area contributed by atoms with Gasteiger partial charge in [0.2, 0.25) is 0 Å². The maximum atomic E-state index is 13.6. The minimum atomic E-state index is -5.51. The highest BCUT2D eigenvalue weighted by molar-refractivity contribution is 8.22. The first kappa shape index (κ1) is 30.3. The highest BCUT2D eigenvalue weighted by Gasteiger charge is 2.68. The van der Waals surface area contributed by atoms with E-state index >= 15 is 0 Å². The van der Waals surface area contributed by atoms with Gasteiger partial charge in [-0.15, -0.1) is 0 Å². The summed E-state index contributed by atoms with van der Waals surface area (Å²) < 4.78 is 81.7. The number of hydrogen-bond donors (Lipinski definition) is 3. The Morgan fingerprint density at radius 3 is 2.28 bits per heavy atom. The molecule has 2 rings (SSSR count). The van der Waals surface area contributed by atoms with E-state index < -0.39 is 23.3 Å². The normalized spacial score (nSPS) is 16.4. The molecular weight excluding hydrogens is 500 g/mol. The summed E-state index contributed by atoms with van der Waals surface area (Å²) >= 11 is 1.11. The first-order valence-corrected chi connectivity index (χ1v) is 12.8. The Bertz CT molecular complexity index is 949. The van der Waals surface area contributed by atoms with Crippen molar-refractivity contribution in [2.45, 2.75) is 76.7 Å². The van der Waals surface area contributed by atoms with Crippen LogP contribution in [0.1, 0.15) is 62.6 Å². The van der Waals surface area contributed by atoms with Crippen molar-refractivity contribution in [2.24, 2.45) is 5.92 Å². The van der Waals surface area contributed by atoms with E-state index in [1.54, 1.807) is 0 Å². The van der Waals surface area contributed by atoms with Crippen LogP contribution in [0.5, 0.6) is 0 Å². The fourth-order valence-corrected chi connectivity index (χ4v) is 4.94. The van der Waals surface area contributed by atoms with E-state index in [-0.39, 0.29) is 29.5 Å². The van der Waals surface area contributed by atoms with Crippen LogP contribution in [0, 0.1) is 18.3 Å². The second kappa shape index (κ2) is 12.1. The molecule has 1 aromatic rings. The second-order valence-corrected chi connectivity index (χ2v) is 10.6. The Labute approximate surface area is 213 Å². The molecule has 0 heterocycles. The number of rotatable bonds is 11. The number of halogens is 6. The number of allylic oxidation sites excluding steroid dienone is 1. The fourth-order valence-electron chi connectivity index (χ4n) is 3.90. The van der Waals surface area contributed by atoms with Crippen LogP contribution in [-0.4, -0.2) is 37.0 Å². The summed E-state index contributed by atoms with van der Waals surface area (Å²) in [6, 6.07) is 3.43. The van der Waals surface area contributed by atoms with Crippen molar-refractivity contribution >= 4 is 21.7 Å². The Balaban J connectivity index is 2.43. The molecule has 1 saturated carbocycles. The molecule has 3 N–H and O–H groups in total. The molecule has 3 nitrogen and oxygen atoms in total. The molecular formula is C26H35F6N3S. The van der Waals surface area contributed by atoms with Gasteiger partial charge < -0.3 is 10.6 Å². The topological polar surface area (TPSA) is 47.9 Å². The van der Waals surface area contributed by atoms with E-state index in [1.807, 2.05) is 20.0 Å². The molecule has 0 bridgehead atoms. The van der Waals surface area contributed by atoms with Crippen LogP contribution < -0.4 is 10.6 Å². The van der Waals surface area contributed by atoms with Crippen molar-refractivity contribution in [1.29, 1.82) is 5.41 Å². The third kappa shape index (κ3) is 7.09. The van der Waals surface area contributed by atoms with E-state index in [1.165, 1.54) is 13.0 Å². The smallest absolute Gasteiger partial charge is 0.381 e. The summed E-state index contributed by atoms with van der Waals surface area (Å²) in [7, 11) is 1.85.